The van der Waals surface area contributed by atoms with Crippen LogP contribution >= 0.6 is 11.3 Å². The minimum Gasteiger partial charge on any atom is -0.410 e. The summed E-state index contributed by atoms with van der Waals surface area (Å²) in [5.41, 5.74) is 14.5. The second kappa shape index (κ2) is 7.21. The first kappa shape index (κ1) is 18.9. The van der Waals surface area contributed by atoms with E-state index in [1.54, 1.807) is 24.3 Å². The number of hydrogen-bond donors (Lipinski definition) is 3. The zero-order valence-corrected chi connectivity index (χ0v) is 16.7. The molecule has 150 valence electrons. The lowest BCUT2D eigenvalue weighted by Crippen LogP contribution is -2.61. The third-order valence-corrected chi connectivity index (χ3v) is 5.99. The van der Waals surface area contributed by atoms with Crippen molar-refractivity contribution in [1.82, 2.24) is 20.4 Å². The Bertz CT molecular complexity index is 1110. The van der Waals surface area contributed by atoms with Gasteiger partial charge in [-0.25, -0.2) is 4.79 Å². The van der Waals surface area contributed by atoms with Crippen LogP contribution in [0.25, 0.3) is 10.2 Å². The van der Waals surface area contributed by atoms with Crippen LogP contribution in [0.3, 0.4) is 0 Å². The molecule has 3 heterocycles. The monoisotopic (exact) mass is 412 g/mol. The zero-order valence-electron chi connectivity index (χ0n) is 15.9. The topological polar surface area (TPSA) is 136 Å². The van der Waals surface area contributed by atoms with Gasteiger partial charge in [-0.05, 0) is 43.7 Å². The molecule has 5 N–H and O–H groups in total. The Balaban J connectivity index is 1.37. The number of amides is 2. The summed E-state index contributed by atoms with van der Waals surface area (Å²) >= 11 is 1.22. The average Bonchev–Trinajstić information content (AvgIpc) is 3.00. The molecule has 0 aliphatic carbocycles. The fourth-order valence-electron chi connectivity index (χ4n) is 3.08. The number of nitrogen functional groups attached to an aromatic ring is 2. The number of carbonyl (C=O) groups excluding carboxylic acids is 2. The number of fused-ring (bicyclic) bond motifs is 1. The Morgan fingerprint density at radius 1 is 1.17 bits per heavy atom. The highest BCUT2D eigenvalue weighted by atomic mass is 32.1. The first-order valence-electron chi connectivity index (χ1n) is 8.98. The Morgan fingerprint density at radius 2 is 1.86 bits per heavy atom. The van der Waals surface area contributed by atoms with E-state index < -0.39 is 6.09 Å². The molecule has 29 heavy (non-hydrogen) atoms. The van der Waals surface area contributed by atoms with Gasteiger partial charge in [0.25, 0.3) is 5.91 Å². The van der Waals surface area contributed by atoms with E-state index in [0.717, 1.165) is 16.6 Å². The van der Waals surface area contributed by atoms with Gasteiger partial charge < -0.3 is 26.4 Å². The van der Waals surface area contributed by atoms with Gasteiger partial charge in [0.15, 0.2) is 0 Å². The van der Waals surface area contributed by atoms with Gasteiger partial charge in [0.1, 0.15) is 15.5 Å². The van der Waals surface area contributed by atoms with Crippen molar-refractivity contribution in [2.24, 2.45) is 0 Å². The van der Waals surface area contributed by atoms with Crippen LogP contribution in [0.5, 0.6) is 5.75 Å². The highest BCUT2D eigenvalue weighted by Crippen LogP contribution is 2.34. The summed E-state index contributed by atoms with van der Waals surface area (Å²) < 4.78 is 5.28. The molecular weight excluding hydrogens is 392 g/mol. The van der Waals surface area contributed by atoms with E-state index in [9.17, 15) is 9.59 Å². The summed E-state index contributed by atoms with van der Waals surface area (Å²) in [4.78, 5) is 27.4. The highest BCUT2D eigenvalue weighted by Gasteiger charge is 2.34. The van der Waals surface area contributed by atoms with Crippen LogP contribution in [0.4, 0.5) is 16.2 Å². The molecule has 0 unspecified atom stereocenters. The molecule has 0 saturated carbocycles. The standard InChI is InChI=1S/C19H20N6O3S/c1-9-10(2)23-24-18-14(9)15(21)16(29-18)17(26)22-12-7-25(8-12)19(27)28-13-5-3-11(20)4-6-13/h3-6,12H,7-8,20-21H2,1-2H3,(H,22,26). The summed E-state index contributed by atoms with van der Waals surface area (Å²) in [5, 5.41) is 11.9. The fraction of sp³-hybridized carbons (Fsp3) is 0.263. The van der Waals surface area contributed by atoms with Crippen molar-refractivity contribution in [3.05, 3.63) is 40.4 Å². The van der Waals surface area contributed by atoms with Crippen LogP contribution in [-0.2, 0) is 0 Å². The maximum absolute atomic E-state index is 12.7. The number of anilines is 2. The normalized spacial score (nSPS) is 13.9. The summed E-state index contributed by atoms with van der Waals surface area (Å²) in [7, 11) is 0. The molecule has 0 bridgehead atoms. The third kappa shape index (κ3) is 3.54. The third-order valence-electron chi connectivity index (χ3n) is 4.90. The summed E-state index contributed by atoms with van der Waals surface area (Å²) in [5.74, 6) is 0.139. The molecule has 9 nitrogen and oxygen atoms in total. The van der Waals surface area contributed by atoms with Gasteiger partial charge in [-0.2, -0.15) is 5.10 Å². The van der Waals surface area contributed by atoms with E-state index in [1.807, 2.05) is 13.8 Å². The largest absolute Gasteiger partial charge is 0.415 e. The van der Waals surface area contributed by atoms with Crippen LogP contribution in [-0.4, -0.2) is 46.2 Å². The number of rotatable bonds is 3. The summed E-state index contributed by atoms with van der Waals surface area (Å²) in [6, 6.07) is 6.40. The van der Waals surface area contributed by atoms with Gasteiger partial charge >= 0.3 is 6.09 Å². The predicted octanol–water partition coefficient (Wildman–Crippen LogP) is 2.09. The molecule has 1 fully saturated rings. The number of thiophene rings is 1. The number of likely N-dealkylation sites (tertiary alicyclic amines) is 1. The molecule has 4 rings (SSSR count). The first-order valence-corrected chi connectivity index (χ1v) is 9.80. The van der Waals surface area contributed by atoms with Crippen molar-refractivity contribution in [2.75, 3.05) is 24.6 Å². The van der Waals surface area contributed by atoms with Crippen molar-refractivity contribution in [3.63, 3.8) is 0 Å². The Kier molecular flexibility index (Phi) is 4.71. The van der Waals surface area contributed by atoms with E-state index in [0.29, 0.717) is 39.9 Å². The van der Waals surface area contributed by atoms with Crippen LogP contribution in [0, 0.1) is 13.8 Å². The zero-order chi connectivity index (χ0) is 20.7. The summed E-state index contributed by atoms with van der Waals surface area (Å²) in [6.45, 7) is 4.49. The number of ether oxygens (including phenoxy) is 1. The number of benzene rings is 1. The Labute approximate surface area is 170 Å². The number of nitrogens with two attached hydrogens (primary N) is 2. The lowest BCUT2D eigenvalue weighted by Gasteiger charge is -2.38. The van der Waals surface area contributed by atoms with E-state index in [2.05, 4.69) is 15.5 Å². The molecule has 1 saturated heterocycles. The molecule has 10 heteroatoms. The molecule has 0 radical (unpaired) electrons. The number of carbonyl (C=O) groups is 2. The lowest BCUT2D eigenvalue weighted by molar-refractivity contribution is 0.0792. The summed E-state index contributed by atoms with van der Waals surface area (Å²) in [6.07, 6.45) is -0.469. The fourth-order valence-corrected chi connectivity index (χ4v) is 4.08. The van der Waals surface area contributed by atoms with Gasteiger partial charge in [-0.3, -0.25) is 4.79 Å². The van der Waals surface area contributed by atoms with Crippen molar-refractivity contribution in [2.45, 2.75) is 19.9 Å². The SMILES string of the molecule is Cc1nnc2sc(C(=O)NC3CN(C(=O)Oc4ccc(N)cc4)C3)c(N)c2c1C. The smallest absolute Gasteiger partial charge is 0.410 e. The molecule has 1 aliphatic rings. The predicted molar refractivity (Wildman–Crippen MR) is 111 cm³/mol. The van der Waals surface area contributed by atoms with E-state index in [4.69, 9.17) is 16.2 Å². The van der Waals surface area contributed by atoms with E-state index in [1.165, 1.54) is 16.2 Å². The van der Waals surface area contributed by atoms with Crippen LogP contribution in [0.15, 0.2) is 24.3 Å². The van der Waals surface area contributed by atoms with Gasteiger partial charge in [-0.15, -0.1) is 16.4 Å². The van der Waals surface area contributed by atoms with Gasteiger partial charge in [0.2, 0.25) is 0 Å². The molecule has 1 aliphatic heterocycles. The molecular formula is C19H20N6O3S. The second-order valence-electron chi connectivity index (χ2n) is 6.95. The van der Waals surface area contributed by atoms with Crippen molar-refractivity contribution >= 4 is 44.9 Å². The van der Waals surface area contributed by atoms with E-state index in [-0.39, 0.29) is 11.9 Å². The molecule has 2 aromatic heterocycles. The van der Waals surface area contributed by atoms with Gasteiger partial charge in [0.05, 0.1) is 17.4 Å². The van der Waals surface area contributed by atoms with E-state index >= 15 is 0 Å². The number of hydrogen-bond acceptors (Lipinski definition) is 8. The molecule has 0 spiro atoms. The number of nitrogens with zero attached hydrogens (tertiary/aromatic N) is 3. The van der Waals surface area contributed by atoms with Gasteiger partial charge in [-0.1, -0.05) is 0 Å². The minimum atomic E-state index is -0.469. The highest BCUT2D eigenvalue weighted by molar-refractivity contribution is 7.21. The Hall–Kier alpha value is -3.40. The van der Waals surface area contributed by atoms with Crippen LogP contribution in [0.1, 0.15) is 20.9 Å². The van der Waals surface area contributed by atoms with Gasteiger partial charge in [0, 0.05) is 24.2 Å². The maximum Gasteiger partial charge on any atom is 0.415 e. The quantitative estimate of drug-likeness (QED) is 0.560. The average molecular weight is 412 g/mol. The maximum atomic E-state index is 12.7. The molecule has 2 amide bonds. The molecule has 3 aromatic rings. The number of aryl methyl sites for hydroxylation is 2. The van der Waals surface area contributed by atoms with Crippen molar-refractivity contribution in [1.29, 1.82) is 0 Å². The number of aromatic nitrogens is 2. The molecule has 0 atom stereocenters. The number of nitrogens with one attached hydrogen (secondary N) is 1. The van der Waals surface area contributed by atoms with Crippen molar-refractivity contribution in [3.8, 4) is 5.75 Å². The minimum absolute atomic E-state index is 0.167. The first-order chi connectivity index (χ1) is 13.8. The lowest BCUT2D eigenvalue weighted by atomic mass is 10.1. The van der Waals surface area contributed by atoms with Crippen LogP contribution in [0.2, 0.25) is 0 Å². The van der Waals surface area contributed by atoms with Crippen molar-refractivity contribution < 1.29 is 14.3 Å². The molecule has 1 aromatic carbocycles. The Morgan fingerprint density at radius 3 is 2.55 bits per heavy atom. The second-order valence-corrected chi connectivity index (χ2v) is 7.95. The van der Waals surface area contributed by atoms with Crippen LogP contribution < -0.4 is 21.5 Å².